The molecule has 0 aromatic carbocycles. The summed E-state index contributed by atoms with van der Waals surface area (Å²) in [6, 6.07) is 6.32. The third-order valence-electron chi connectivity index (χ3n) is 5.49. The average molecular weight is 381 g/mol. The largest absolute Gasteiger partial charge is 0.348 e. The van der Waals surface area contributed by atoms with Crippen LogP contribution in [0.1, 0.15) is 47.9 Å². The van der Waals surface area contributed by atoms with E-state index in [1.165, 1.54) is 40.5 Å². The van der Waals surface area contributed by atoms with Crippen molar-refractivity contribution in [2.75, 3.05) is 18.0 Å². The number of thiazole rings is 1. The summed E-state index contributed by atoms with van der Waals surface area (Å²) in [5.41, 5.74) is 2.61. The minimum Gasteiger partial charge on any atom is -0.348 e. The van der Waals surface area contributed by atoms with E-state index in [0.29, 0.717) is 6.04 Å². The third kappa shape index (κ3) is 3.37. The van der Waals surface area contributed by atoms with Gasteiger partial charge in [-0.15, -0.1) is 11.3 Å². The van der Waals surface area contributed by atoms with Gasteiger partial charge in [-0.05, 0) is 44.2 Å². The van der Waals surface area contributed by atoms with Crippen molar-refractivity contribution in [1.29, 1.82) is 0 Å². The van der Waals surface area contributed by atoms with Crippen LogP contribution in [0.2, 0.25) is 0 Å². The molecular weight excluding hydrogens is 356 g/mol. The molecule has 0 saturated carbocycles. The van der Waals surface area contributed by atoms with E-state index in [1.54, 1.807) is 0 Å². The lowest BCUT2D eigenvalue weighted by Crippen LogP contribution is -2.24. The van der Waals surface area contributed by atoms with Gasteiger partial charge in [0.15, 0.2) is 10.9 Å². The smallest absolute Gasteiger partial charge is 0.185 e. The third-order valence-corrected chi connectivity index (χ3v) is 6.55. The predicted octanol–water partition coefficient (Wildman–Crippen LogP) is 3.49. The number of nitrogens with zero attached hydrogens (tertiary/aromatic N) is 5. The molecule has 5 rings (SSSR count). The maximum absolute atomic E-state index is 4.63. The Hall–Kier alpha value is -2.25. The quantitative estimate of drug-likeness (QED) is 0.734. The summed E-state index contributed by atoms with van der Waals surface area (Å²) in [6.07, 6.45) is 11.8. The van der Waals surface area contributed by atoms with Crippen molar-refractivity contribution >= 4 is 16.5 Å². The first kappa shape index (κ1) is 16.9. The van der Waals surface area contributed by atoms with Crippen LogP contribution in [0.4, 0.5) is 5.13 Å². The van der Waals surface area contributed by atoms with E-state index >= 15 is 0 Å². The van der Waals surface area contributed by atoms with Gasteiger partial charge in [-0.3, -0.25) is 0 Å². The Bertz CT molecular complexity index is 896. The van der Waals surface area contributed by atoms with Crippen molar-refractivity contribution in [2.45, 2.75) is 44.7 Å². The zero-order valence-corrected chi connectivity index (χ0v) is 16.2. The van der Waals surface area contributed by atoms with Gasteiger partial charge in [0.05, 0.1) is 11.9 Å². The lowest BCUT2D eigenvalue weighted by Gasteiger charge is -2.24. The van der Waals surface area contributed by atoms with Crippen molar-refractivity contribution in [3.05, 3.63) is 52.9 Å². The lowest BCUT2D eigenvalue weighted by atomic mass is 9.93. The molecular formula is C20H24N6S. The standard InChI is InChI=1S/C20H24N6S/c1-2-9-21-19(8-1)26-18-7-5-6-17(16(18)14-24-26)22-12-15-13-23-20(27-15)25-10-3-4-11-25/h1-2,8-9,13-14,17,22H,3-7,10-12H2/t17-/m1/s1. The van der Waals surface area contributed by atoms with Crippen LogP contribution in [-0.2, 0) is 13.0 Å². The fraction of sp³-hybridized carbons (Fsp3) is 0.450. The maximum atomic E-state index is 4.63. The Morgan fingerprint density at radius 2 is 2.04 bits per heavy atom. The minimum absolute atomic E-state index is 0.351. The van der Waals surface area contributed by atoms with E-state index in [9.17, 15) is 0 Å². The van der Waals surface area contributed by atoms with Gasteiger partial charge in [-0.2, -0.15) is 5.10 Å². The first-order valence-corrected chi connectivity index (χ1v) is 10.6. The summed E-state index contributed by atoms with van der Waals surface area (Å²) in [5, 5.41) is 9.55. The average Bonchev–Trinajstić information content (AvgIpc) is 3.47. The molecule has 7 heteroatoms. The fourth-order valence-electron chi connectivity index (χ4n) is 4.10. The summed E-state index contributed by atoms with van der Waals surface area (Å²) >= 11 is 1.82. The number of rotatable bonds is 5. The van der Waals surface area contributed by atoms with E-state index in [-0.39, 0.29) is 0 Å². The number of fused-ring (bicyclic) bond motifs is 1. The molecule has 6 nitrogen and oxygen atoms in total. The molecule has 0 unspecified atom stereocenters. The van der Waals surface area contributed by atoms with E-state index < -0.39 is 0 Å². The number of hydrogen-bond donors (Lipinski definition) is 1. The van der Waals surface area contributed by atoms with Crippen LogP contribution in [0.15, 0.2) is 36.8 Å². The van der Waals surface area contributed by atoms with E-state index in [2.05, 4.69) is 25.3 Å². The van der Waals surface area contributed by atoms with Crippen LogP contribution in [0.5, 0.6) is 0 Å². The summed E-state index contributed by atoms with van der Waals surface area (Å²) in [7, 11) is 0. The summed E-state index contributed by atoms with van der Waals surface area (Å²) in [5.74, 6) is 0.900. The monoisotopic (exact) mass is 380 g/mol. The number of aromatic nitrogens is 4. The highest BCUT2D eigenvalue weighted by atomic mass is 32.1. The molecule has 0 spiro atoms. The lowest BCUT2D eigenvalue weighted by molar-refractivity contribution is 0.456. The van der Waals surface area contributed by atoms with Crippen LogP contribution >= 0.6 is 11.3 Å². The number of hydrogen-bond acceptors (Lipinski definition) is 6. The van der Waals surface area contributed by atoms with Gasteiger partial charge in [0.25, 0.3) is 0 Å². The van der Waals surface area contributed by atoms with Gasteiger partial charge in [0.1, 0.15) is 0 Å². The van der Waals surface area contributed by atoms with Gasteiger partial charge < -0.3 is 10.2 Å². The van der Waals surface area contributed by atoms with Crippen molar-refractivity contribution in [2.24, 2.45) is 0 Å². The first-order chi connectivity index (χ1) is 13.4. The molecule has 2 aliphatic rings. The first-order valence-electron chi connectivity index (χ1n) is 9.80. The summed E-state index contributed by atoms with van der Waals surface area (Å²) in [6.45, 7) is 3.17. The SMILES string of the molecule is c1ccc(-n2ncc3c2CCC[C@H]3NCc2cnc(N3CCCC3)s2)nc1. The summed E-state index contributed by atoms with van der Waals surface area (Å²) < 4.78 is 2.00. The Kier molecular flexibility index (Phi) is 4.63. The second-order valence-corrected chi connectivity index (χ2v) is 8.37. The molecule has 140 valence electrons. The molecule has 0 bridgehead atoms. The topological polar surface area (TPSA) is 58.9 Å². The molecule has 1 N–H and O–H groups in total. The van der Waals surface area contributed by atoms with Crippen molar-refractivity contribution in [3.63, 3.8) is 0 Å². The van der Waals surface area contributed by atoms with E-state index in [0.717, 1.165) is 38.3 Å². The van der Waals surface area contributed by atoms with Gasteiger partial charge >= 0.3 is 0 Å². The second-order valence-electron chi connectivity index (χ2n) is 7.28. The molecule has 0 amide bonds. The van der Waals surface area contributed by atoms with Gasteiger partial charge in [-0.25, -0.2) is 14.6 Å². The minimum atomic E-state index is 0.351. The van der Waals surface area contributed by atoms with Crippen LogP contribution in [0, 0.1) is 0 Å². The van der Waals surface area contributed by atoms with Crippen LogP contribution < -0.4 is 10.2 Å². The van der Waals surface area contributed by atoms with Gasteiger partial charge in [0, 0.05) is 48.5 Å². The van der Waals surface area contributed by atoms with E-state index in [4.69, 9.17) is 0 Å². The van der Waals surface area contributed by atoms with Crippen LogP contribution in [0.25, 0.3) is 5.82 Å². The molecule has 1 fully saturated rings. The van der Waals surface area contributed by atoms with Crippen LogP contribution in [0.3, 0.4) is 0 Å². The summed E-state index contributed by atoms with van der Waals surface area (Å²) in [4.78, 5) is 12.8. The number of anilines is 1. The van der Waals surface area contributed by atoms with Crippen molar-refractivity contribution in [3.8, 4) is 5.82 Å². The molecule has 0 radical (unpaired) electrons. The van der Waals surface area contributed by atoms with Gasteiger partial charge in [0.2, 0.25) is 0 Å². The molecule has 1 saturated heterocycles. The van der Waals surface area contributed by atoms with E-state index in [1.807, 2.05) is 52.8 Å². The second kappa shape index (κ2) is 7.40. The zero-order valence-electron chi connectivity index (χ0n) is 15.3. The normalized spacial score (nSPS) is 19.4. The van der Waals surface area contributed by atoms with Crippen molar-refractivity contribution in [1.82, 2.24) is 25.1 Å². The Labute approximate surface area is 163 Å². The Morgan fingerprint density at radius 1 is 1.11 bits per heavy atom. The number of pyridine rings is 1. The molecule has 3 aromatic heterocycles. The molecule has 27 heavy (non-hydrogen) atoms. The molecule has 1 atom stereocenters. The van der Waals surface area contributed by atoms with Crippen molar-refractivity contribution < 1.29 is 0 Å². The highest BCUT2D eigenvalue weighted by Gasteiger charge is 2.25. The predicted molar refractivity (Wildman–Crippen MR) is 107 cm³/mol. The number of nitrogens with one attached hydrogen (secondary N) is 1. The zero-order chi connectivity index (χ0) is 18.1. The maximum Gasteiger partial charge on any atom is 0.185 e. The molecule has 1 aliphatic carbocycles. The molecule has 1 aliphatic heterocycles. The molecule has 3 aromatic rings. The van der Waals surface area contributed by atoms with Gasteiger partial charge in [-0.1, -0.05) is 6.07 Å². The highest BCUT2D eigenvalue weighted by Crippen LogP contribution is 2.32. The van der Waals surface area contributed by atoms with Crippen LogP contribution in [-0.4, -0.2) is 32.8 Å². The fourth-order valence-corrected chi connectivity index (χ4v) is 5.02. The molecule has 4 heterocycles. The Balaban J connectivity index is 1.30. The Morgan fingerprint density at radius 3 is 2.89 bits per heavy atom. The highest BCUT2D eigenvalue weighted by molar-refractivity contribution is 7.15.